The third kappa shape index (κ3) is 4.32. The number of nitrogens with one attached hydrogen (secondary N) is 1. The minimum atomic E-state index is -2.71. The van der Waals surface area contributed by atoms with Gasteiger partial charge in [0.05, 0.1) is 0 Å². The van der Waals surface area contributed by atoms with Crippen molar-refractivity contribution < 1.29 is 13.9 Å². The zero-order valence-electron chi connectivity index (χ0n) is 7.51. The van der Waals surface area contributed by atoms with Crippen LogP contribution in [0.15, 0.2) is 10.5 Å². The molecule has 0 spiro atoms. The average Bonchev–Trinajstić information content (AvgIpc) is 2.46. The van der Waals surface area contributed by atoms with E-state index in [4.69, 9.17) is 16.7 Å². The second-order valence-corrected chi connectivity index (χ2v) is 5.46. The van der Waals surface area contributed by atoms with Gasteiger partial charge in [0.15, 0.2) is 0 Å². The number of hydrogen-bond acceptors (Lipinski definition) is 3. The lowest BCUT2D eigenvalue weighted by atomic mass is 10.3. The molecule has 0 fully saturated rings. The number of rotatable bonds is 5. The smallest absolute Gasteiger partial charge is 0.265 e. The van der Waals surface area contributed by atoms with Crippen LogP contribution in [0.5, 0.6) is 0 Å². The molecule has 86 valence electrons. The number of thiophene rings is 1. The predicted octanol–water partition coefficient (Wildman–Crippen LogP) is 2.88. The highest BCUT2D eigenvalue weighted by Gasteiger charge is 2.15. The summed E-state index contributed by atoms with van der Waals surface area (Å²) in [6, 6.07) is 1.81. The van der Waals surface area contributed by atoms with Gasteiger partial charge in [0, 0.05) is 22.4 Å². The molecular weight excluding hydrogens is 312 g/mol. The van der Waals surface area contributed by atoms with Gasteiger partial charge in [-0.25, -0.2) is 8.78 Å². The second kappa shape index (κ2) is 6.10. The molecule has 0 aromatic carbocycles. The van der Waals surface area contributed by atoms with Crippen molar-refractivity contribution in [2.75, 3.05) is 6.54 Å². The molecule has 0 radical (unpaired) electrons. The van der Waals surface area contributed by atoms with Gasteiger partial charge in [-0.3, -0.25) is 0 Å². The van der Waals surface area contributed by atoms with Gasteiger partial charge in [0.1, 0.15) is 10.4 Å². The molecule has 2 N–H and O–H groups in total. The van der Waals surface area contributed by atoms with Crippen LogP contribution in [-0.4, -0.2) is 24.2 Å². The molecule has 1 unspecified atom stereocenters. The third-order valence-electron chi connectivity index (χ3n) is 1.64. The molecule has 0 saturated heterocycles. The highest BCUT2D eigenvalue weighted by molar-refractivity contribution is 9.10. The van der Waals surface area contributed by atoms with Crippen LogP contribution in [0.2, 0.25) is 4.34 Å². The van der Waals surface area contributed by atoms with Crippen LogP contribution >= 0.6 is 38.9 Å². The summed E-state index contributed by atoms with van der Waals surface area (Å²) in [4.78, 5) is 0.924. The van der Waals surface area contributed by atoms with Crippen molar-refractivity contribution in [3.8, 4) is 0 Å². The lowest BCUT2D eigenvalue weighted by molar-refractivity contribution is -0.00337. The van der Waals surface area contributed by atoms with Gasteiger partial charge in [-0.1, -0.05) is 11.6 Å². The van der Waals surface area contributed by atoms with Crippen LogP contribution in [0.3, 0.4) is 0 Å². The maximum Gasteiger partial charge on any atom is 0.265 e. The van der Waals surface area contributed by atoms with Crippen molar-refractivity contribution in [1.82, 2.24) is 5.32 Å². The Bertz CT molecular complexity index is 304. The van der Waals surface area contributed by atoms with Gasteiger partial charge in [-0.05, 0) is 22.0 Å². The highest BCUT2D eigenvalue weighted by atomic mass is 79.9. The van der Waals surface area contributed by atoms with E-state index in [1.807, 2.05) is 6.07 Å². The number of aliphatic hydroxyl groups excluding tert-OH is 1. The van der Waals surface area contributed by atoms with E-state index >= 15 is 0 Å². The molecule has 7 heteroatoms. The van der Waals surface area contributed by atoms with Crippen LogP contribution in [-0.2, 0) is 6.54 Å². The van der Waals surface area contributed by atoms with E-state index in [2.05, 4.69) is 21.2 Å². The fourth-order valence-corrected chi connectivity index (χ4v) is 2.67. The molecule has 0 aliphatic heterocycles. The van der Waals surface area contributed by atoms with Gasteiger partial charge < -0.3 is 10.4 Å². The Morgan fingerprint density at radius 2 is 2.27 bits per heavy atom. The molecule has 0 saturated carbocycles. The number of hydrogen-bond donors (Lipinski definition) is 2. The second-order valence-electron chi connectivity index (χ2n) is 2.87. The Morgan fingerprint density at radius 3 is 2.73 bits per heavy atom. The van der Waals surface area contributed by atoms with E-state index in [9.17, 15) is 8.78 Å². The molecule has 2 nitrogen and oxygen atoms in total. The standard InChI is InChI=1S/C8H9BrClF2NOS/c9-5-1-4(15-7(5)10)2-13-3-6(14)8(11)12/h1,6,8,13-14H,2-3H2. The maximum atomic E-state index is 11.9. The van der Waals surface area contributed by atoms with Crippen LogP contribution in [0.4, 0.5) is 8.78 Å². The van der Waals surface area contributed by atoms with Crippen molar-refractivity contribution >= 4 is 38.9 Å². The van der Waals surface area contributed by atoms with Crippen molar-refractivity contribution in [2.45, 2.75) is 19.1 Å². The topological polar surface area (TPSA) is 32.3 Å². The minimum absolute atomic E-state index is 0.134. The normalized spacial score (nSPS) is 13.5. The monoisotopic (exact) mass is 319 g/mol. The molecule has 0 bridgehead atoms. The Hall–Kier alpha value is 0.250. The van der Waals surface area contributed by atoms with E-state index in [0.29, 0.717) is 10.9 Å². The highest BCUT2D eigenvalue weighted by Crippen LogP contribution is 2.31. The van der Waals surface area contributed by atoms with Crippen LogP contribution in [0, 0.1) is 0 Å². The first-order chi connectivity index (χ1) is 7.00. The summed E-state index contributed by atoms with van der Waals surface area (Å²) >= 11 is 10.4. The number of aliphatic hydroxyl groups is 1. The Labute approximate surface area is 103 Å². The van der Waals surface area contributed by atoms with Crippen molar-refractivity contribution in [1.29, 1.82) is 0 Å². The Morgan fingerprint density at radius 1 is 1.60 bits per heavy atom. The van der Waals surface area contributed by atoms with E-state index in [1.54, 1.807) is 0 Å². The predicted molar refractivity (Wildman–Crippen MR) is 60.7 cm³/mol. The molecule has 15 heavy (non-hydrogen) atoms. The summed E-state index contributed by atoms with van der Waals surface area (Å²) in [5, 5.41) is 11.5. The molecule has 1 aromatic rings. The first kappa shape index (κ1) is 13.3. The van der Waals surface area contributed by atoms with E-state index in [0.717, 1.165) is 9.35 Å². The Balaban J connectivity index is 2.32. The fourth-order valence-electron chi connectivity index (χ4n) is 0.911. The molecule has 1 rings (SSSR count). The maximum absolute atomic E-state index is 11.9. The van der Waals surface area contributed by atoms with Crippen molar-refractivity contribution in [3.05, 3.63) is 19.8 Å². The summed E-state index contributed by atoms with van der Waals surface area (Å²) in [5.74, 6) is 0. The van der Waals surface area contributed by atoms with E-state index in [1.165, 1.54) is 11.3 Å². The van der Waals surface area contributed by atoms with Crippen LogP contribution in [0.25, 0.3) is 0 Å². The molecular formula is C8H9BrClF2NOS. The summed E-state index contributed by atoms with van der Waals surface area (Å²) in [6.07, 6.45) is -4.33. The zero-order valence-corrected chi connectivity index (χ0v) is 10.7. The molecule has 0 aliphatic rings. The number of halogens is 4. The van der Waals surface area contributed by atoms with Gasteiger partial charge in [-0.2, -0.15) is 0 Å². The molecule has 1 atom stereocenters. The lowest BCUT2D eigenvalue weighted by Gasteiger charge is -2.09. The zero-order chi connectivity index (χ0) is 11.4. The quantitative estimate of drug-likeness (QED) is 0.874. The van der Waals surface area contributed by atoms with E-state index in [-0.39, 0.29) is 6.54 Å². The summed E-state index contributed by atoms with van der Waals surface area (Å²) in [5.41, 5.74) is 0. The SMILES string of the molecule is OC(CNCc1cc(Br)c(Cl)s1)C(F)F. The molecule has 1 aromatic heterocycles. The third-order valence-corrected chi connectivity index (χ3v) is 4.11. The molecule has 0 amide bonds. The van der Waals surface area contributed by atoms with Gasteiger partial charge in [0.2, 0.25) is 0 Å². The minimum Gasteiger partial charge on any atom is -0.386 e. The van der Waals surface area contributed by atoms with E-state index < -0.39 is 12.5 Å². The first-order valence-corrected chi connectivity index (χ1v) is 6.10. The Kier molecular flexibility index (Phi) is 5.42. The van der Waals surface area contributed by atoms with Crippen molar-refractivity contribution in [3.63, 3.8) is 0 Å². The van der Waals surface area contributed by atoms with Crippen molar-refractivity contribution in [2.24, 2.45) is 0 Å². The van der Waals surface area contributed by atoms with Gasteiger partial charge in [0.25, 0.3) is 6.43 Å². The van der Waals surface area contributed by atoms with Crippen LogP contribution < -0.4 is 5.32 Å². The lowest BCUT2D eigenvalue weighted by Crippen LogP contribution is -2.31. The molecule has 1 heterocycles. The van der Waals surface area contributed by atoms with Gasteiger partial charge in [-0.15, -0.1) is 11.3 Å². The summed E-state index contributed by atoms with van der Waals surface area (Å²) in [6.45, 7) is 0.282. The largest absolute Gasteiger partial charge is 0.386 e. The fraction of sp³-hybridized carbons (Fsp3) is 0.500. The van der Waals surface area contributed by atoms with Crippen LogP contribution in [0.1, 0.15) is 4.88 Å². The summed E-state index contributed by atoms with van der Waals surface area (Å²) < 4.78 is 25.2. The first-order valence-electron chi connectivity index (χ1n) is 4.11. The summed E-state index contributed by atoms with van der Waals surface area (Å²) in [7, 11) is 0. The molecule has 0 aliphatic carbocycles. The average molecular weight is 321 g/mol. The van der Waals surface area contributed by atoms with Gasteiger partial charge >= 0.3 is 0 Å². The number of alkyl halides is 2.